The Morgan fingerprint density at radius 1 is 1.46 bits per heavy atom. The summed E-state index contributed by atoms with van der Waals surface area (Å²) in [6.07, 6.45) is 5.45. The molecule has 1 rings (SSSR count). The highest BCUT2D eigenvalue weighted by Crippen LogP contribution is 2.37. The predicted octanol–water partition coefficient (Wildman–Crippen LogP) is 3.71. The molecule has 0 saturated carbocycles. The van der Waals surface area contributed by atoms with Crippen molar-refractivity contribution in [3.63, 3.8) is 0 Å². The lowest BCUT2D eigenvalue weighted by Crippen LogP contribution is -2.49. The van der Waals surface area contributed by atoms with E-state index in [1.54, 1.807) is 0 Å². The Bertz CT molecular complexity index is 380. The van der Waals surface area contributed by atoms with Gasteiger partial charge in [-0.2, -0.15) is 11.8 Å². The highest BCUT2D eigenvalue weighted by atomic mass is 32.2. The minimum Gasteiger partial charge on any atom is -0.481 e. The maximum atomic E-state index is 11.2. The number of hydrogen-bond acceptors (Lipinski definition) is 4. The first-order chi connectivity index (χ1) is 11.4. The number of carboxylic acid groups (broad SMARTS) is 1. The summed E-state index contributed by atoms with van der Waals surface area (Å²) in [5.74, 6) is 0.939. The summed E-state index contributed by atoms with van der Waals surface area (Å²) in [7, 11) is 2.09. The standard InChI is InChI=1S/C19H38N2O2S/c1-6-10-19(4,17(20-5)15(3)7-2)24-13-12-21-11-8-9-16(14-21)18(22)23/h15-17,20H,6-14H2,1-5H3,(H,22,23)/t15-,16?,17-,19?/m1/s1. The van der Waals surface area contributed by atoms with Crippen LogP contribution in [0.25, 0.3) is 0 Å². The molecule has 1 aliphatic rings. The summed E-state index contributed by atoms with van der Waals surface area (Å²) in [5.41, 5.74) is 0. The molecular formula is C19H38N2O2S. The Hall–Kier alpha value is -0.260. The molecule has 2 unspecified atom stereocenters. The average Bonchev–Trinajstić information content (AvgIpc) is 2.55. The largest absolute Gasteiger partial charge is 0.481 e. The van der Waals surface area contributed by atoms with Crippen LogP contribution in [-0.2, 0) is 4.79 Å². The number of thioether (sulfide) groups is 1. The molecule has 0 aromatic heterocycles. The third-order valence-corrected chi connectivity index (χ3v) is 7.13. The van der Waals surface area contributed by atoms with Gasteiger partial charge in [0.1, 0.15) is 0 Å². The number of piperidine rings is 1. The van der Waals surface area contributed by atoms with Crippen LogP contribution in [0.4, 0.5) is 0 Å². The van der Waals surface area contributed by atoms with Gasteiger partial charge in [0.15, 0.2) is 0 Å². The molecule has 0 aromatic rings. The maximum Gasteiger partial charge on any atom is 0.307 e. The van der Waals surface area contributed by atoms with Crippen LogP contribution in [0.3, 0.4) is 0 Å². The number of rotatable bonds is 11. The number of likely N-dealkylation sites (tertiary alicyclic amines) is 1. The molecule has 2 N–H and O–H groups in total. The van der Waals surface area contributed by atoms with E-state index >= 15 is 0 Å². The molecule has 4 atom stereocenters. The summed E-state index contributed by atoms with van der Waals surface area (Å²) in [5, 5.41) is 12.8. The zero-order chi connectivity index (χ0) is 18.2. The van der Waals surface area contributed by atoms with Crippen LogP contribution in [0.1, 0.15) is 59.8 Å². The number of nitrogens with one attached hydrogen (secondary N) is 1. The average molecular weight is 359 g/mol. The van der Waals surface area contributed by atoms with E-state index in [0.717, 1.165) is 38.2 Å². The van der Waals surface area contributed by atoms with Crippen molar-refractivity contribution in [2.75, 3.05) is 32.4 Å². The lowest BCUT2D eigenvalue weighted by molar-refractivity contribution is -0.143. The molecule has 0 aromatic carbocycles. The van der Waals surface area contributed by atoms with E-state index in [-0.39, 0.29) is 10.7 Å². The fourth-order valence-corrected chi connectivity index (χ4v) is 5.80. The topological polar surface area (TPSA) is 52.6 Å². The zero-order valence-electron chi connectivity index (χ0n) is 16.3. The first-order valence-electron chi connectivity index (χ1n) is 9.64. The van der Waals surface area contributed by atoms with Gasteiger partial charge in [0.2, 0.25) is 0 Å². The minimum absolute atomic E-state index is 0.170. The van der Waals surface area contributed by atoms with Gasteiger partial charge in [-0.15, -0.1) is 0 Å². The third-order valence-electron chi connectivity index (χ3n) is 5.62. The van der Waals surface area contributed by atoms with Crippen molar-refractivity contribution in [2.45, 2.75) is 70.6 Å². The summed E-state index contributed by atoms with van der Waals surface area (Å²) in [4.78, 5) is 13.6. The second-order valence-electron chi connectivity index (χ2n) is 7.54. The number of carbonyl (C=O) groups is 1. The number of nitrogens with zero attached hydrogens (tertiary/aromatic N) is 1. The lowest BCUT2D eigenvalue weighted by atomic mass is 9.85. The number of hydrogen-bond donors (Lipinski definition) is 2. The third kappa shape index (κ3) is 6.23. The van der Waals surface area contributed by atoms with Gasteiger partial charge in [0.25, 0.3) is 0 Å². The van der Waals surface area contributed by atoms with Crippen molar-refractivity contribution in [3.8, 4) is 0 Å². The van der Waals surface area contributed by atoms with Crippen LogP contribution in [0.2, 0.25) is 0 Å². The van der Waals surface area contributed by atoms with E-state index in [4.69, 9.17) is 0 Å². The summed E-state index contributed by atoms with van der Waals surface area (Å²) < 4.78 is 0.237. The summed E-state index contributed by atoms with van der Waals surface area (Å²) in [6, 6.07) is 0.514. The van der Waals surface area contributed by atoms with Crippen LogP contribution in [0, 0.1) is 11.8 Å². The lowest BCUT2D eigenvalue weighted by Gasteiger charge is -2.41. The molecule has 5 heteroatoms. The highest BCUT2D eigenvalue weighted by Gasteiger charge is 2.36. The van der Waals surface area contributed by atoms with E-state index < -0.39 is 5.97 Å². The van der Waals surface area contributed by atoms with Crippen LogP contribution >= 0.6 is 11.8 Å². The Balaban J connectivity index is 2.57. The van der Waals surface area contributed by atoms with Crippen LogP contribution in [-0.4, -0.2) is 59.2 Å². The molecule has 0 aliphatic carbocycles. The molecule has 1 fully saturated rings. The molecule has 1 saturated heterocycles. The van der Waals surface area contributed by atoms with Crippen molar-refractivity contribution in [1.29, 1.82) is 0 Å². The van der Waals surface area contributed by atoms with Gasteiger partial charge in [-0.25, -0.2) is 0 Å². The molecule has 142 valence electrons. The van der Waals surface area contributed by atoms with Gasteiger partial charge < -0.3 is 15.3 Å². The molecule has 1 heterocycles. The molecule has 0 bridgehead atoms. The van der Waals surface area contributed by atoms with Crippen molar-refractivity contribution in [1.82, 2.24) is 10.2 Å². The minimum atomic E-state index is -0.629. The zero-order valence-corrected chi connectivity index (χ0v) is 17.1. The smallest absolute Gasteiger partial charge is 0.307 e. The van der Waals surface area contributed by atoms with E-state index in [1.165, 1.54) is 19.3 Å². The number of carboxylic acids is 1. The number of aliphatic carboxylic acids is 1. The highest BCUT2D eigenvalue weighted by molar-refractivity contribution is 8.00. The molecular weight excluding hydrogens is 320 g/mol. The fourth-order valence-electron chi connectivity index (χ4n) is 4.11. The van der Waals surface area contributed by atoms with E-state index in [2.05, 4.69) is 56.7 Å². The van der Waals surface area contributed by atoms with Crippen LogP contribution in [0.15, 0.2) is 0 Å². The Kier molecular flexibility index (Phi) is 9.68. The Morgan fingerprint density at radius 2 is 2.17 bits per heavy atom. The van der Waals surface area contributed by atoms with Crippen LogP contribution in [0.5, 0.6) is 0 Å². The van der Waals surface area contributed by atoms with Crippen molar-refractivity contribution >= 4 is 17.7 Å². The molecule has 0 amide bonds. The molecule has 24 heavy (non-hydrogen) atoms. The Morgan fingerprint density at radius 3 is 2.71 bits per heavy atom. The predicted molar refractivity (Wildman–Crippen MR) is 105 cm³/mol. The van der Waals surface area contributed by atoms with Gasteiger partial charge in [-0.3, -0.25) is 4.79 Å². The van der Waals surface area contributed by atoms with Crippen molar-refractivity contribution in [3.05, 3.63) is 0 Å². The van der Waals surface area contributed by atoms with Crippen LogP contribution < -0.4 is 5.32 Å². The van der Waals surface area contributed by atoms with Gasteiger partial charge in [0, 0.05) is 29.6 Å². The van der Waals surface area contributed by atoms with E-state index in [9.17, 15) is 9.90 Å². The van der Waals surface area contributed by atoms with Gasteiger partial charge in [-0.05, 0) is 45.7 Å². The second kappa shape index (κ2) is 10.7. The second-order valence-corrected chi connectivity index (χ2v) is 9.17. The fraction of sp³-hybridized carbons (Fsp3) is 0.947. The summed E-state index contributed by atoms with van der Waals surface area (Å²) in [6.45, 7) is 12.1. The first-order valence-corrected chi connectivity index (χ1v) is 10.6. The normalized spacial score (nSPS) is 24.3. The summed E-state index contributed by atoms with van der Waals surface area (Å²) >= 11 is 2.08. The quantitative estimate of drug-likeness (QED) is 0.590. The molecule has 4 nitrogen and oxygen atoms in total. The van der Waals surface area contributed by atoms with E-state index in [1.807, 2.05) is 0 Å². The van der Waals surface area contributed by atoms with Gasteiger partial charge >= 0.3 is 5.97 Å². The maximum absolute atomic E-state index is 11.2. The van der Waals surface area contributed by atoms with E-state index in [0.29, 0.717) is 12.0 Å². The van der Waals surface area contributed by atoms with Gasteiger partial charge in [-0.1, -0.05) is 33.6 Å². The Labute approximate surface area is 153 Å². The molecule has 0 spiro atoms. The molecule has 1 aliphatic heterocycles. The van der Waals surface area contributed by atoms with Crippen molar-refractivity contribution < 1.29 is 9.90 Å². The SMILES string of the molecule is CCCC(C)(SCCN1CCCC(C(=O)O)C1)[C@H](NC)[C@H](C)CC. The van der Waals surface area contributed by atoms with Gasteiger partial charge in [0.05, 0.1) is 5.92 Å². The van der Waals surface area contributed by atoms with Crippen molar-refractivity contribution in [2.24, 2.45) is 11.8 Å². The molecule has 0 radical (unpaired) electrons. The monoisotopic (exact) mass is 358 g/mol. The first kappa shape index (κ1) is 21.8.